The van der Waals surface area contributed by atoms with Gasteiger partial charge in [-0.05, 0) is 24.6 Å². The highest BCUT2D eigenvalue weighted by Gasteiger charge is 2.38. The van der Waals surface area contributed by atoms with Gasteiger partial charge in [0.2, 0.25) is 5.91 Å². The van der Waals surface area contributed by atoms with Crippen LogP contribution in [0.25, 0.3) is 11.0 Å². The topological polar surface area (TPSA) is 104 Å². The number of nitrogens with zero attached hydrogens (tertiary/aromatic N) is 2. The number of carbonyl (C=O) groups is 1. The summed E-state index contributed by atoms with van der Waals surface area (Å²) in [5, 5.41) is 21.0. The average Bonchev–Trinajstić information content (AvgIpc) is 3.36. The molecule has 2 aromatic rings. The molecule has 7 nitrogen and oxygen atoms in total. The van der Waals surface area contributed by atoms with Crippen LogP contribution in [-0.2, 0) is 11.2 Å². The van der Waals surface area contributed by atoms with Gasteiger partial charge in [0.25, 0.3) is 0 Å². The molecule has 1 aromatic carbocycles. The zero-order valence-corrected chi connectivity index (χ0v) is 14.4. The van der Waals surface area contributed by atoms with Gasteiger partial charge in [-0.15, -0.1) is 12.3 Å². The van der Waals surface area contributed by atoms with E-state index in [2.05, 4.69) is 21.5 Å². The molecule has 2 heterocycles. The summed E-state index contributed by atoms with van der Waals surface area (Å²) in [6.07, 6.45) is 7.03. The highest BCUT2D eigenvalue weighted by molar-refractivity contribution is 5.85. The maximum Gasteiger partial charge on any atom is 0.340 e. The van der Waals surface area contributed by atoms with Crippen LogP contribution in [0.5, 0.6) is 5.75 Å². The predicted molar refractivity (Wildman–Crippen MR) is 95.9 cm³/mol. The molecule has 0 spiro atoms. The maximum absolute atomic E-state index is 12.2. The molecule has 26 heavy (non-hydrogen) atoms. The lowest BCUT2D eigenvalue weighted by molar-refractivity contribution is -0.120. The molecule has 1 aliphatic rings. The second-order valence-corrected chi connectivity index (χ2v) is 6.34. The third kappa shape index (κ3) is 3.75. The number of fused-ring (bicyclic) bond motifs is 1. The number of carbonyl (C=O) groups excluding carboxylic acids is 1. The van der Waals surface area contributed by atoms with Crippen LogP contribution in [0.15, 0.2) is 37.6 Å². The van der Waals surface area contributed by atoms with Crippen molar-refractivity contribution in [2.45, 2.75) is 38.3 Å². The fourth-order valence-electron chi connectivity index (χ4n) is 2.88. The first kappa shape index (κ1) is 17.7. The van der Waals surface area contributed by atoms with Crippen LogP contribution in [-0.4, -0.2) is 23.2 Å². The minimum absolute atomic E-state index is 0.0141. The summed E-state index contributed by atoms with van der Waals surface area (Å²) in [7, 11) is 0. The molecule has 0 atom stereocenters. The van der Waals surface area contributed by atoms with Crippen molar-refractivity contribution in [1.29, 1.82) is 0 Å². The quantitative estimate of drug-likeness (QED) is 0.589. The van der Waals surface area contributed by atoms with Crippen molar-refractivity contribution in [1.82, 2.24) is 5.32 Å². The molecule has 0 radical (unpaired) electrons. The number of phenolic OH excluding ortho intramolecular Hbond substituents is 1. The van der Waals surface area contributed by atoms with Gasteiger partial charge < -0.3 is 14.8 Å². The molecule has 0 aliphatic carbocycles. The molecular weight excluding hydrogens is 334 g/mol. The monoisotopic (exact) mass is 353 g/mol. The van der Waals surface area contributed by atoms with E-state index in [-0.39, 0.29) is 18.1 Å². The van der Waals surface area contributed by atoms with Gasteiger partial charge in [-0.1, -0.05) is 0 Å². The first-order valence-corrected chi connectivity index (χ1v) is 8.34. The van der Waals surface area contributed by atoms with Crippen LogP contribution < -0.4 is 10.9 Å². The highest BCUT2D eigenvalue weighted by atomic mass is 16.4. The van der Waals surface area contributed by atoms with Crippen molar-refractivity contribution in [2.24, 2.45) is 10.2 Å². The van der Waals surface area contributed by atoms with Crippen molar-refractivity contribution < 1.29 is 14.3 Å². The van der Waals surface area contributed by atoms with Gasteiger partial charge in [-0.3, -0.25) is 4.79 Å². The highest BCUT2D eigenvalue weighted by Crippen LogP contribution is 2.36. The van der Waals surface area contributed by atoms with E-state index < -0.39 is 11.3 Å². The minimum Gasteiger partial charge on any atom is -0.508 e. The van der Waals surface area contributed by atoms with Gasteiger partial charge >= 0.3 is 5.63 Å². The van der Waals surface area contributed by atoms with Gasteiger partial charge in [-0.25, -0.2) is 4.79 Å². The number of amides is 1. The zero-order valence-electron chi connectivity index (χ0n) is 14.4. The molecule has 1 aliphatic heterocycles. The van der Waals surface area contributed by atoms with Crippen LogP contribution >= 0.6 is 0 Å². The summed E-state index contributed by atoms with van der Waals surface area (Å²) in [5.74, 6) is 2.30. The van der Waals surface area contributed by atoms with E-state index in [9.17, 15) is 14.7 Å². The van der Waals surface area contributed by atoms with Gasteiger partial charge in [0.15, 0.2) is 5.66 Å². The maximum atomic E-state index is 12.2. The number of nitrogens with one attached hydrogen (secondary N) is 1. The summed E-state index contributed by atoms with van der Waals surface area (Å²) in [6.45, 7) is 2.16. The molecule has 2 N–H and O–H groups in total. The van der Waals surface area contributed by atoms with E-state index in [4.69, 9.17) is 10.8 Å². The molecule has 0 saturated heterocycles. The normalized spacial score (nSPS) is 14.2. The second kappa shape index (κ2) is 7.00. The van der Waals surface area contributed by atoms with E-state index in [0.717, 1.165) is 0 Å². The van der Waals surface area contributed by atoms with Gasteiger partial charge in [0.1, 0.15) is 11.3 Å². The largest absolute Gasteiger partial charge is 0.508 e. The predicted octanol–water partition coefficient (Wildman–Crippen LogP) is 2.43. The molecule has 134 valence electrons. The van der Waals surface area contributed by atoms with Crippen molar-refractivity contribution in [3.05, 3.63) is 39.7 Å². The fourth-order valence-corrected chi connectivity index (χ4v) is 2.88. The Hall–Kier alpha value is -3.14. The van der Waals surface area contributed by atoms with Crippen LogP contribution in [0.2, 0.25) is 0 Å². The average molecular weight is 353 g/mol. The Bertz CT molecular complexity index is 979. The molecule has 0 unspecified atom stereocenters. The Morgan fingerprint density at radius 1 is 1.38 bits per heavy atom. The van der Waals surface area contributed by atoms with E-state index in [1.165, 1.54) is 12.1 Å². The number of hydrogen-bond donors (Lipinski definition) is 2. The Labute approximate surface area is 150 Å². The fraction of sp³-hybridized carbons (Fsp3) is 0.368. The SMILES string of the molecule is C#CCCC1(CCNC(=O)Cc2c(C)c3ccc(O)cc3oc2=O)N=N1. The van der Waals surface area contributed by atoms with E-state index in [0.29, 0.717) is 47.9 Å². The molecule has 1 aromatic heterocycles. The Morgan fingerprint density at radius 3 is 2.85 bits per heavy atom. The summed E-state index contributed by atoms with van der Waals surface area (Å²) in [4.78, 5) is 24.4. The van der Waals surface area contributed by atoms with E-state index >= 15 is 0 Å². The van der Waals surface area contributed by atoms with Crippen molar-refractivity contribution in [3.63, 3.8) is 0 Å². The summed E-state index contributed by atoms with van der Waals surface area (Å²) >= 11 is 0. The van der Waals surface area contributed by atoms with Gasteiger partial charge in [-0.2, -0.15) is 10.2 Å². The third-order valence-corrected chi connectivity index (χ3v) is 4.51. The van der Waals surface area contributed by atoms with Crippen LogP contribution in [0.1, 0.15) is 30.4 Å². The number of aromatic hydroxyl groups is 1. The van der Waals surface area contributed by atoms with Gasteiger partial charge in [0, 0.05) is 37.3 Å². The molecular formula is C19H19N3O4. The molecule has 3 rings (SSSR count). The number of phenols is 1. The second-order valence-electron chi connectivity index (χ2n) is 6.34. The van der Waals surface area contributed by atoms with Crippen molar-refractivity contribution >= 4 is 16.9 Å². The third-order valence-electron chi connectivity index (χ3n) is 4.51. The Kier molecular flexibility index (Phi) is 4.76. The lowest BCUT2D eigenvalue weighted by Gasteiger charge is -2.11. The number of terminal acetylenes is 1. The van der Waals surface area contributed by atoms with Crippen molar-refractivity contribution in [3.8, 4) is 18.1 Å². The molecule has 0 bridgehead atoms. The summed E-state index contributed by atoms with van der Waals surface area (Å²) < 4.78 is 5.22. The van der Waals surface area contributed by atoms with E-state index in [1.54, 1.807) is 13.0 Å². The van der Waals surface area contributed by atoms with Crippen LogP contribution in [0.3, 0.4) is 0 Å². The van der Waals surface area contributed by atoms with Crippen LogP contribution in [0.4, 0.5) is 0 Å². The lowest BCUT2D eigenvalue weighted by atomic mass is 10.0. The van der Waals surface area contributed by atoms with Crippen LogP contribution in [0, 0.1) is 19.3 Å². The first-order valence-electron chi connectivity index (χ1n) is 8.34. The summed E-state index contributed by atoms with van der Waals surface area (Å²) in [6, 6.07) is 4.55. The first-order chi connectivity index (χ1) is 12.4. The Balaban J connectivity index is 1.64. The van der Waals surface area contributed by atoms with Gasteiger partial charge in [0.05, 0.1) is 12.0 Å². The lowest BCUT2D eigenvalue weighted by Crippen LogP contribution is -2.31. The molecule has 0 fully saturated rings. The Morgan fingerprint density at radius 2 is 2.15 bits per heavy atom. The minimum atomic E-state index is -0.576. The standard InChI is InChI=1S/C19H19N3O4/c1-3-4-7-19(21-22-19)8-9-20-17(24)11-15-12(2)14-6-5-13(23)10-16(14)26-18(15)25/h1,5-6,10,23H,4,7-9,11H2,2H3,(H,20,24). The zero-order chi connectivity index (χ0) is 18.7. The number of aryl methyl sites for hydroxylation is 1. The molecule has 0 saturated carbocycles. The molecule has 1 amide bonds. The molecule has 7 heteroatoms. The smallest absolute Gasteiger partial charge is 0.340 e. The number of hydrogen-bond acceptors (Lipinski definition) is 6. The number of benzene rings is 1. The van der Waals surface area contributed by atoms with Crippen molar-refractivity contribution in [2.75, 3.05) is 6.54 Å². The number of rotatable bonds is 7. The summed E-state index contributed by atoms with van der Waals surface area (Å²) in [5.41, 5.74) is 0.254. The van der Waals surface area contributed by atoms with E-state index in [1.807, 2.05) is 0 Å².